The third-order valence-electron chi connectivity index (χ3n) is 4.07. The van der Waals surface area contributed by atoms with E-state index in [-0.39, 0.29) is 0 Å². The van der Waals surface area contributed by atoms with E-state index in [2.05, 4.69) is 29.8 Å². The van der Waals surface area contributed by atoms with Crippen LogP contribution in [0.2, 0.25) is 0 Å². The van der Waals surface area contributed by atoms with E-state index in [4.69, 9.17) is 4.74 Å². The molecule has 104 valence electrons. The topological polar surface area (TPSA) is 46.5 Å². The molecule has 0 heterocycles. The summed E-state index contributed by atoms with van der Waals surface area (Å²) in [7, 11) is 1.59. The quantitative estimate of drug-likeness (QED) is 0.906. The number of ether oxygens (including phenoxy) is 1. The molecule has 0 aliphatic heterocycles. The molecule has 4 heteroatoms. The number of carboxylic acid groups (broad SMARTS) is 1. The van der Waals surface area contributed by atoms with Crippen LogP contribution in [-0.4, -0.2) is 18.2 Å². The Balaban J connectivity index is 2.63. The minimum atomic E-state index is -0.765. The molecule has 1 fully saturated rings. The molecule has 1 aromatic rings. The van der Waals surface area contributed by atoms with Crippen molar-refractivity contribution >= 4 is 21.9 Å². The van der Waals surface area contributed by atoms with Crippen molar-refractivity contribution in [2.24, 2.45) is 0 Å². The SMILES string of the molecule is COc1c(Br)cc(C(C)C)cc1C1(C(=O)O)CCC1. The number of halogens is 1. The summed E-state index contributed by atoms with van der Waals surface area (Å²) in [5.41, 5.74) is 1.18. The van der Waals surface area contributed by atoms with Crippen LogP contribution in [0.4, 0.5) is 0 Å². The number of rotatable bonds is 4. The van der Waals surface area contributed by atoms with Gasteiger partial charge >= 0.3 is 5.97 Å². The Bertz CT molecular complexity index is 504. The molecular formula is C15H19BrO3. The van der Waals surface area contributed by atoms with Crippen molar-refractivity contribution in [3.8, 4) is 5.75 Å². The summed E-state index contributed by atoms with van der Waals surface area (Å²) in [4.78, 5) is 11.7. The molecule has 3 nitrogen and oxygen atoms in total. The first kappa shape index (κ1) is 14.4. The van der Waals surface area contributed by atoms with Gasteiger partial charge in [-0.1, -0.05) is 26.3 Å². The largest absolute Gasteiger partial charge is 0.495 e. The van der Waals surface area contributed by atoms with Crippen LogP contribution in [0.5, 0.6) is 5.75 Å². The Hall–Kier alpha value is -1.03. The van der Waals surface area contributed by atoms with Gasteiger partial charge in [0.2, 0.25) is 0 Å². The van der Waals surface area contributed by atoms with Crippen molar-refractivity contribution in [2.75, 3.05) is 7.11 Å². The average molecular weight is 327 g/mol. The van der Waals surface area contributed by atoms with Gasteiger partial charge in [-0.2, -0.15) is 0 Å². The van der Waals surface area contributed by atoms with E-state index in [1.807, 2.05) is 12.1 Å². The van der Waals surface area contributed by atoms with E-state index in [0.717, 1.165) is 22.0 Å². The number of benzene rings is 1. The molecule has 1 aromatic carbocycles. The van der Waals surface area contributed by atoms with Crippen molar-refractivity contribution in [2.45, 2.75) is 44.4 Å². The summed E-state index contributed by atoms with van der Waals surface area (Å²) in [6.07, 6.45) is 2.33. The second kappa shape index (κ2) is 5.16. The monoisotopic (exact) mass is 326 g/mol. The molecule has 0 atom stereocenters. The Kier molecular flexibility index (Phi) is 3.90. The predicted molar refractivity (Wildman–Crippen MR) is 77.9 cm³/mol. The Morgan fingerprint density at radius 2 is 2.05 bits per heavy atom. The average Bonchev–Trinajstić information content (AvgIpc) is 2.26. The summed E-state index contributed by atoms with van der Waals surface area (Å²) in [5.74, 6) is 0.267. The van der Waals surface area contributed by atoms with Gasteiger partial charge < -0.3 is 9.84 Å². The lowest BCUT2D eigenvalue weighted by molar-refractivity contribution is -0.147. The fourth-order valence-electron chi connectivity index (χ4n) is 2.64. The lowest BCUT2D eigenvalue weighted by Gasteiger charge is -2.39. The van der Waals surface area contributed by atoms with Crippen molar-refractivity contribution < 1.29 is 14.6 Å². The van der Waals surface area contributed by atoms with E-state index in [1.54, 1.807) is 7.11 Å². The third-order valence-corrected chi connectivity index (χ3v) is 4.66. The molecule has 0 radical (unpaired) electrons. The van der Waals surface area contributed by atoms with Crippen LogP contribution in [-0.2, 0) is 10.2 Å². The van der Waals surface area contributed by atoms with E-state index in [0.29, 0.717) is 24.5 Å². The normalized spacial score (nSPS) is 17.1. The number of methoxy groups -OCH3 is 1. The van der Waals surface area contributed by atoms with Crippen LogP contribution in [0.3, 0.4) is 0 Å². The van der Waals surface area contributed by atoms with Crippen LogP contribution in [0.15, 0.2) is 16.6 Å². The lowest BCUT2D eigenvalue weighted by atomic mass is 9.64. The van der Waals surface area contributed by atoms with Crippen LogP contribution >= 0.6 is 15.9 Å². The summed E-state index contributed by atoms with van der Waals surface area (Å²) < 4.78 is 6.27. The van der Waals surface area contributed by atoms with Gasteiger partial charge in [0, 0.05) is 5.56 Å². The van der Waals surface area contributed by atoms with Gasteiger partial charge in [0.05, 0.1) is 17.0 Å². The van der Waals surface area contributed by atoms with Gasteiger partial charge in [-0.3, -0.25) is 4.79 Å². The van der Waals surface area contributed by atoms with Gasteiger partial charge in [-0.15, -0.1) is 0 Å². The summed E-state index contributed by atoms with van der Waals surface area (Å²) in [5, 5.41) is 9.61. The van der Waals surface area contributed by atoms with Gasteiger partial charge in [-0.25, -0.2) is 0 Å². The second-order valence-electron chi connectivity index (χ2n) is 5.48. The van der Waals surface area contributed by atoms with Gasteiger partial charge in [-0.05, 0) is 46.3 Å². The molecule has 19 heavy (non-hydrogen) atoms. The minimum Gasteiger partial charge on any atom is -0.495 e. The maximum atomic E-state index is 11.7. The lowest BCUT2D eigenvalue weighted by Crippen LogP contribution is -2.42. The van der Waals surface area contributed by atoms with Gasteiger partial charge in [0.15, 0.2) is 0 Å². The first-order chi connectivity index (χ1) is 8.92. The van der Waals surface area contributed by atoms with Gasteiger partial charge in [0.25, 0.3) is 0 Å². The van der Waals surface area contributed by atoms with Crippen molar-refractivity contribution in [1.82, 2.24) is 0 Å². The highest BCUT2D eigenvalue weighted by Crippen LogP contribution is 2.50. The van der Waals surface area contributed by atoms with E-state index >= 15 is 0 Å². The minimum absolute atomic E-state index is 0.354. The molecule has 0 bridgehead atoms. The summed E-state index contributed by atoms with van der Waals surface area (Å²) in [6.45, 7) is 4.21. The van der Waals surface area contributed by atoms with Crippen LogP contribution in [0.25, 0.3) is 0 Å². The third kappa shape index (κ3) is 2.27. The zero-order valence-corrected chi connectivity index (χ0v) is 13.1. The van der Waals surface area contributed by atoms with Crippen molar-refractivity contribution in [3.05, 3.63) is 27.7 Å². The van der Waals surface area contributed by atoms with Gasteiger partial charge in [0.1, 0.15) is 5.75 Å². The standard InChI is InChI=1S/C15H19BrO3/c1-9(2)10-7-11(13(19-3)12(16)8-10)15(14(17)18)5-4-6-15/h7-9H,4-6H2,1-3H3,(H,17,18). The fourth-order valence-corrected chi connectivity index (χ4v) is 3.28. The first-order valence-corrected chi connectivity index (χ1v) is 7.33. The molecular weight excluding hydrogens is 308 g/mol. The maximum absolute atomic E-state index is 11.7. The van der Waals surface area contributed by atoms with E-state index in [1.165, 1.54) is 0 Å². The highest BCUT2D eigenvalue weighted by atomic mass is 79.9. The maximum Gasteiger partial charge on any atom is 0.314 e. The zero-order valence-electron chi connectivity index (χ0n) is 11.5. The Morgan fingerprint density at radius 3 is 2.42 bits per heavy atom. The van der Waals surface area contributed by atoms with E-state index < -0.39 is 11.4 Å². The highest BCUT2D eigenvalue weighted by molar-refractivity contribution is 9.10. The second-order valence-corrected chi connectivity index (χ2v) is 6.33. The fraction of sp³-hybridized carbons (Fsp3) is 0.533. The molecule has 0 unspecified atom stereocenters. The summed E-state index contributed by atoms with van der Waals surface area (Å²) >= 11 is 3.50. The molecule has 0 spiro atoms. The molecule has 0 saturated heterocycles. The number of hydrogen-bond donors (Lipinski definition) is 1. The Morgan fingerprint density at radius 1 is 1.42 bits per heavy atom. The zero-order chi connectivity index (χ0) is 14.2. The number of hydrogen-bond acceptors (Lipinski definition) is 2. The smallest absolute Gasteiger partial charge is 0.314 e. The van der Waals surface area contributed by atoms with Crippen molar-refractivity contribution in [3.63, 3.8) is 0 Å². The molecule has 0 aromatic heterocycles. The first-order valence-electron chi connectivity index (χ1n) is 6.53. The predicted octanol–water partition coefficient (Wildman–Crippen LogP) is 4.09. The summed E-state index contributed by atoms with van der Waals surface area (Å²) in [6, 6.07) is 4.02. The molecule has 1 saturated carbocycles. The molecule has 2 rings (SSSR count). The highest BCUT2D eigenvalue weighted by Gasteiger charge is 2.48. The number of carbonyl (C=O) groups is 1. The van der Waals surface area contributed by atoms with E-state index in [9.17, 15) is 9.90 Å². The number of carboxylic acids is 1. The van der Waals surface area contributed by atoms with Crippen LogP contribution in [0, 0.1) is 0 Å². The molecule has 0 amide bonds. The van der Waals surface area contributed by atoms with Crippen LogP contribution < -0.4 is 4.74 Å². The molecule has 1 aliphatic rings. The van der Waals surface area contributed by atoms with Crippen LogP contribution in [0.1, 0.15) is 50.2 Å². The molecule has 1 aliphatic carbocycles. The molecule has 1 N–H and O–H groups in total. The Labute approximate surface area is 122 Å². The number of aliphatic carboxylic acids is 1. The van der Waals surface area contributed by atoms with Crippen molar-refractivity contribution in [1.29, 1.82) is 0 Å².